The minimum Gasteiger partial charge on any atom is -0.335 e. The molecule has 0 saturated carbocycles. The molecule has 0 saturated heterocycles. The van der Waals surface area contributed by atoms with Gasteiger partial charge in [-0.15, -0.1) is 0 Å². The Labute approximate surface area is 180 Å². The molecule has 0 atom stereocenters. The number of carbonyl (C=O) groups is 2. The number of anilines is 1. The highest BCUT2D eigenvalue weighted by Gasteiger charge is 2.13. The lowest BCUT2D eigenvalue weighted by atomic mass is 9.94. The summed E-state index contributed by atoms with van der Waals surface area (Å²) in [5.74, 6) is 0.0659. The monoisotopic (exact) mass is 410 g/mol. The predicted molar refractivity (Wildman–Crippen MR) is 122 cm³/mol. The van der Waals surface area contributed by atoms with Crippen molar-refractivity contribution in [2.75, 3.05) is 5.32 Å². The van der Waals surface area contributed by atoms with Gasteiger partial charge in [-0.25, -0.2) is 4.98 Å². The number of para-hydroxylation sites is 2. The normalized spacial score (nSPS) is 11.3. The molecule has 6 nitrogen and oxygen atoms in total. The fourth-order valence-electron chi connectivity index (χ4n) is 3.32. The van der Waals surface area contributed by atoms with E-state index in [2.05, 4.69) is 34.1 Å². The van der Waals surface area contributed by atoms with Crippen molar-refractivity contribution < 1.29 is 9.59 Å². The number of amides is 1. The highest BCUT2D eigenvalue weighted by molar-refractivity contribution is 6.06. The Bertz CT molecular complexity index is 1240. The molecule has 6 heteroatoms. The number of allylic oxidation sites excluding steroid dienone is 1. The number of imidazole rings is 1. The average Bonchev–Trinajstić information content (AvgIpc) is 3.22. The number of ketones is 1. The van der Waals surface area contributed by atoms with Crippen molar-refractivity contribution in [3.63, 3.8) is 0 Å². The van der Waals surface area contributed by atoms with Crippen LogP contribution in [0, 0.1) is 0 Å². The number of hydrogen-bond donors (Lipinski definition) is 2. The minimum absolute atomic E-state index is 0.173. The summed E-state index contributed by atoms with van der Waals surface area (Å²) in [5.41, 5.74) is 4.63. The molecule has 0 aliphatic heterocycles. The largest absolute Gasteiger partial charge is 0.335 e. The number of nitrogens with zero attached hydrogens (tertiary/aromatic N) is 2. The summed E-state index contributed by atoms with van der Waals surface area (Å²) in [6.45, 7) is 4.10. The molecule has 31 heavy (non-hydrogen) atoms. The van der Waals surface area contributed by atoms with Crippen LogP contribution in [0.1, 0.15) is 51.9 Å². The maximum atomic E-state index is 12.6. The molecule has 0 unspecified atom stereocenters. The summed E-state index contributed by atoms with van der Waals surface area (Å²) in [5, 5.41) is 2.84. The maximum absolute atomic E-state index is 12.6. The van der Waals surface area contributed by atoms with Crippen molar-refractivity contribution >= 4 is 34.5 Å². The van der Waals surface area contributed by atoms with Crippen LogP contribution in [0.5, 0.6) is 0 Å². The van der Waals surface area contributed by atoms with E-state index in [0.717, 1.165) is 22.2 Å². The second-order valence-electron chi connectivity index (χ2n) is 7.49. The van der Waals surface area contributed by atoms with E-state index in [-0.39, 0.29) is 17.6 Å². The van der Waals surface area contributed by atoms with Crippen LogP contribution in [0.25, 0.3) is 17.1 Å². The Morgan fingerprint density at radius 2 is 1.90 bits per heavy atom. The smallest absolute Gasteiger partial charge is 0.255 e. The fourth-order valence-corrected chi connectivity index (χ4v) is 3.32. The second-order valence-corrected chi connectivity index (χ2v) is 7.49. The van der Waals surface area contributed by atoms with E-state index in [0.29, 0.717) is 17.1 Å². The van der Waals surface area contributed by atoms with Gasteiger partial charge in [0.25, 0.3) is 5.91 Å². The fraction of sp³-hybridized carbons (Fsp3) is 0.120. The minimum atomic E-state index is -0.205. The highest BCUT2D eigenvalue weighted by atomic mass is 16.1. The molecule has 2 N–H and O–H groups in total. The first kappa shape index (κ1) is 20.2. The van der Waals surface area contributed by atoms with E-state index >= 15 is 0 Å². The Kier molecular flexibility index (Phi) is 5.71. The van der Waals surface area contributed by atoms with Crippen LogP contribution in [0.2, 0.25) is 0 Å². The summed E-state index contributed by atoms with van der Waals surface area (Å²) >= 11 is 0. The van der Waals surface area contributed by atoms with E-state index < -0.39 is 0 Å². The summed E-state index contributed by atoms with van der Waals surface area (Å²) in [6.07, 6.45) is 6.53. The number of carbonyl (C=O) groups excluding carboxylic acids is 2. The lowest BCUT2D eigenvalue weighted by Crippen LogP contribution is -2.12. The quantitative estimate of drug-likeness (QED) is 0.337. The molecular formula is C25H22N4O2. The van der Waals surface area contributed by atoms with Gasteiger partial charge in [-0.3, -0.25) is 14.6 Å². The molecule has 2 aromatic heterocycles. The zero-order valence-corrected chi connectivity index (χ0v) is 17.3. The van der Waals surface area contributed by atoms with Crippen LogP contribution in [-0.4, -0.2) is 26.6 Å². The van der Waals surface area contributed by atoms with Gasteiger partial charge < -0.3 is 10.3 Å². The van der Waals surface area contributed by atoms with Crippen LogP contribution in [0.4, 0.5) is 5.69 Å². The molecular weight excluding hydrogens is 388 g/mol. The summed E-state index contributed by atoms with van der Waals surface area (Å²) in [4.78, 5) is 36.6. The van der Waals surface area contributed by atoms with Crippen molar-refractivity contribution in [3.8, 4) is 0 Å². The van der Waals surface area contributed by atoms with E-state index in [1.807, 2.05) is 36.4 Å². The third kappa shape index (κ3) is 4.59. The van der Waals surface area contributed by atoms with E-state index in [1.54, 1.807) is 36.7 Å². The molecule has 1 amide bonds. The van der Waals surface area contributed by atoms with Gasteiger partial charge in [0.05, 0.1) is 22.9 Å². The number of H-pyrrole nitrogens is 1. The number of hydrogen-bond acceptors (Lipinski definition) is 4. The number of pyridine rings is 1. The van der Waals surface area contributed by atoms with Crippen molar-refractivity contribution in [2.24, 2.45) is 0 Å². The maximum Gasteiger partial charge on any atom is 0.255 e. The topological polar surface area (TPSA) is 87.7 Å². The molecule has 0 radical (unpaired) electrons. The summed E-state index contributed by atoms with van der Waals surface area (Å²) in [7, 11) is 0. The lowest BCUT2D eigenvalue weighted by molar-refractivity contribution is 0.102. The Balaban J connectivity index is 1.56. The molecule has 0 aliphatic rings. The second kappa shape index (κ2) is 8.75. The van der Waals surface area contributed by atoms with E-state index in [1.165, 1.54) is 6.08 Å². The van der Waals surface area contributed by atoms with Crippen molar-refractivity contribution in [3.05, 3.63) is 95.6 Å². The SMILES string of the molecule is CC(C)c1cc(C(=O)Nc2cccnc2)ccc1C=CC(=O)c1nc2ccccc2[nH]1. The Morgan fingerprint density at radius 1 is 1.06 bits per heavy atom. The van der Waals surface area contributed by atoms with Gasteiger partial charge in [0, 0.05) is 11.8 Å². The number of fused-ring (bicyclic) bond motifs is 1. The first-order valence-electron chi connectivity index (χ1n) is 10.0. The molecule has 0 fully saturated rings. The predicted octanol–water partition coefficient (Wildman–Crippen LogP) is 5.23. The van der Waals surface area contributed by atoms with Crippen LogP contribution < -0.4 is 5.32 Å². The van der Waals surface area contributed by atoms with Crippen LogP contribution in [0.3, 0.4) is 0 Å². The molecule has 154 valence electrons. The van der Waals surface area contributed by atoms with Crippen LogP contribution >= 0.6 is 0 Å². The first-order chi connectivity index (χ1) is 15.0. The molecule has 4 rings (SSSR count). The van der Waals surface area contributed by atoms with Gasteiger partial charge in [0.1, 0.15) is 0 Å². The van der Waals surface area contributed by atoms with Gasteiger partial charge in [-0.1, -0.05) is 38.1 Å². The van der Waals surface area contributed by atoms with Crippen molar-refractivity contribution in [1.82, 2.24) is 15.0 Å². The summed E-state index contributed by atoms with van der Waals surface area (Å²) in [6, 6.07) is 16.5. The van der Waals surface area contributed by atoms with Crippen molar-refractivity contribution in [1.29, 1.82) is 0 Å². The Hall–Kier alpha value is -4.06. The molecule has 4 aromatic rings. The van der Waals surface area contributed by atoms with Gasteiger partial charge in [0.15, 0.2) is 5.82 Å². The molecule has 0 spiro atoms. The molecule has 0 aliphatic carbocycles. The van der Waals surface area contributed by atoms with E-state index in [9.17, 15) is 9.59 Å². The zero-order valence-electron chi connectivity index (χ0n) is 17.3. The van der Waals surface area contributed by atoms with Gasteiger partial charge >= 0.3 is 0 Å². The van der Waals surface area contributed by atoms with Gasteiger partial charge in [-0.05, 0) is 59.5 Å². The standard InChI is InChI=1S/C25H22N4O2/c1-16(2)20-14-18(25(31)27-19-6-5-13-26-15-19)10-9-17(20)11-12-23(30)24-28-21-7-3-4-8-22(21)29-24/h3-16H,1-2H3,(H,27,31)(H,28,29). The molecule has 2 aromatic carbocycles. The third-order valence-corrected chi connectivity index (χ3v) is 4.93. The third-order valence-electron chi connectivity index (χ3n) is 4.93. The first-order valence-corrected chi connectivity index (χ1v) is 10.0. The zero-order chi connectivity index (χ0) is 21.8. The molecule has 0 bridgehead atoms. The highest BCUT2D eigenvalue weighted by Crippen LogP contribution is 2.23. The van der Waals surface area contributed by atoms with Gasteiger partial charge in [-0.2, -0.15) is 0 Å². The van der Waals surface area contributed by atoms with Gasteiger partial charge in [0.2, 0.25) is 5.78 Å². The number of aromatic amines is 1. The average molecular weight is 410 g/mol. The van der Waals surface area contributed by atoms with Crippen LogP contribution in [0.15, 0.2) is 73.1 Å². The molecule has 2 heterocycles. The number of benzene rings is 2. The Morgan fingerprint density at radius 3 is 2.65 bits per heavy atom. The number of nitrogens with one attached hydrogen (secondary N) is 2. The summed E-state index contributed by atoms with van der Waals surface area (Å²) < 4.78 is 0. The van der Waals surface area contributed by atoms with Crippen molar-refractivity contribution in [2.45, 2.75) is 19.8 Å². The lowest BCUT2D eigenvalue weighted by Gasteiger charge is -2.12. The van der Waals surface area contributed by atoms with E-state index in [4.69, 9.17) is 0 Å². The number of rotatable bonds is 6. The number of aromatic nitrogens is 3. The van der Waals surface area contributed by atoms with Crippen LogP contribution in [-0.2, 0) is 0 Å².